The van der Waals surface area contributed by atoms with E-state index < -0.39 is 0 Å². The van der Waals surface area contributed by atoms with Gasteiger partial charge in [0.15, 0.2) is 18.1 Å². The van der Waals surface area contributed by atoms with E-state index in [4.69, 9.17) is 18.9 Å². The summed E-state index contributed by atoms with van der Waals surface area (Å²) in [5, 5.41) is 0. The van der Waals surface area contributed by atoms with Crippen LogP contribution in [0.15, 0.2) is 72.8 Å². The first kappa shape index (κ1) is 23.0. The van der Waals surface area contributed by atoms with Gasteiger partial charge >= 0.3 is 0 Å². The smallest absolute Gasteiger partial charge is 0.260 e. The number of hydrogen-bond acceptors (Lipinski definition) is 5. The van der Waals surface area contributed by atoms with E-state index in [-0.39, 0.29) is 12.5 Å². The number of amides is 1. The molecule has 0 N–H and O–H groups in total. The molecule has 0 spiro atoms. The Morgan fingerprint density at radius 3 is 2.06 bits per heavy atom. The average Bonchev–Trinajstić information content (AvgIpc) is 2.85. The summed E-state index contributed by atoms with van der Waals surface area (Å²) in [4.78, 5) is 14.4. The van der Waals surface area contributed by atoms with Crippen molar-refractivity contribution in [3.8, 4) is 23.0 Å². The van der Waals surface area contributed by atoms with Gasteiger partial charge in [0, 0.05) is 13.1 Å². The van der Waals surface area contributed by atoms with Crippen LogP contribution in [0.2, 0.25) is 0 Å². The Kier molecular flexibility index (Phi) is 8.37. The third kappa shape index (κ3) is 6.41. The quantitative estimate of drug-likeness (QED) is 0.437. The Morgan fingerprint density at radius 1 is 0.781 bits per heavy atom. The number of ether oxygens (including phenoxy) is 4. The van der Waals surface area contributed by atoms with Gasteiger partial charge in [-0.2, -0.15) is 0 Å². The number of hydrogen-bond donors (Lipinski definition) is 0. The van der Waals surface area contributed by atoms with E-state index >= 15 is 0 Å². The van der Waals surface area contributed by atoms with Crippen LogP contribution in [0.4, 0.5) is 0 Å². The van der Waals surface area contributed by atoms with E-state index in [9.17, 15) is 4.79 Å². The fourth-order valence-corrected chi connectivity index (χ4v) is 3.19. The van der Waals surface area contributed by atoms with Crippen LogP contribution < -0.4 is 18.9 Å². The average molecular weight is 436 g/mol. The van der Waals surface area contributed by atoms with Crippen LogP contribution in [0.3, 0.4) is 0 Å². The van der Waals surface area contributed by atoms with Crippen LogP contribution in [-0.4, -0.2) is 38.2 Å². The molecule has 0 aliphatic heterocycles. The van der Waals surface area contributed by atoms with Crippen LogP contribution in [0.5, 0.6) is 23.0 Å². The minimum atomic E-state index is -0.0910. The maximum atomic E-state index is 12.7. The molecule has 6 nitrogen and oxygen atoms in total. The summed E-state index contributed by atoms with van der Waals surface area (Å²) < 4.78 is 22.1. The number of methoxy groups -OCH3 is 2. The predicted molar refractivity (Wildman–Crippen MR) is 123 cm³/mol. The lowest BCUT2D eigenvalue weighted by Crippen LogP contribution is -2.34. The van der Waals surface area contributed by atoms with Crippen LogP contribution >= 0.6 is 0 Å². The molecule has 0 radical (unpaired) electrons. The Labute approximate surface area is 189 Å². The Hall–Kier alpha value is -3.67. The molecule has 3 aromatic rings. The normalized spacial score (nSPS) is 10.3. The van der Waals surface area contributed by atoms with Crippen molar-refractivity contribution in [2.75, 3.05) is 27.4 Å². The molecule has 32 heavy (non-hydrogen) atoms. The second-order valence-electron chi connectivity index (χ2n) is 7.13. The zero-order valence-corrected chi connectivity index (χ0v) is 18.7. The predicted octanol–water partition coefficient (Wildman–Crippen LogP) is 4.71. The van der Waals surface area contributed by atoms with E-state index in [1.807, 2.05) is 67.6 Å². The molecule has 0 bridgehead atoms. The molecular formula is C26H29NO5. The minimum absolute atomic E-state index is 0.0364. The maximum absolute atomic E-state index is 12.7. The molecular weight excluding hydrogens is 406 g/mol. The summed E-state index contributed by atoms with van der Waals surface area (Å²) in [7, 11) is 3.19. The molecule has 0 saturated carbocycles. The Balaban J connectivity index is 1.51. The maximum Gasteiger partial charge on any atom is 0.260 e. The topological polar surface area (TPSA) is 57.2 Å². The van der Waals surface area contributed by atoms with Crippen LogP contribution in [-0.2, 0) is 17.9 Å². The summed E-state index contributed by atoms with van der Waals surface area (Å²) in [6.45, 7) is 3.44. The summed E-state index contributed by atoms with van der Waals surface area (Å²) >= 11 is 0. The molecule has 0 atom stereocenters. The van der Waals surface area contributed by atoms with E-state index in [0.717, 1.165) is 16.9 Å². The molecule has 3 aromatic carbocycles. The van der Waals surface area contributed by atoms with Crippen molar-refractivity contribution >= 4 is 5.91 Å². The van der Waals surface area contributed by atoms with Crippen molar-refractivity contribution in [2.45, 2.75) is 20.1 Å². The zero-order chi connectivity index (χ0) is 22.8. The molecule has 0 aliphatic carbocycles. The van der Waals surface area contributed by atoms with Gasteiger partial charge in [0.2, 0.25) is 0 Å². The standard InChI is InChI=1S/C26H29NO5/c1-4-27(17-21-10-15-24(29-2)25(16-21)30-3)26(28)19-32-23-13-11-22(12-14-23)31-18-20-8-6-5-7-9-20/h5-16H,4,17-19H2,1-3H3. The van der Waals surface area contributed by atoms with Crippen LogP contribution in [0.1, 0.15) is 18.1 Å². The monoisotopic (exact) mass is 435 g/mol. The van der Waals surface area contributed by atoms with E-state index in [0.29, 0.717) is 36.9 Å². The van der Waals surface area contributed by atoms with Gasteiger partial charge in [0.05, 0.1) is 14.2 Å². The van der Waals surface area contributed by atoms with Gasteiger partial charge < -0.3 is 23.8 Å². The highest BCUT2D eigenvalue weighted by atomic mass is 16.5. The number of nitrogens with zero attached hydrogens (tertiary/aromatic N) is 1. The third-order valence-corrected chi connectivity index (χ3v) is 4.99. The molecule has 6 heteroatoms. The number of rotatable bonds is 11. The largest absolute Gasteiger partial charge is 0.493 e. The van der Waals surface area contributed by atoms with E-state index in [1.54, 1.807) is 31.3 Å². The third-order valence-electron chi connectivity index (χ3n) is 4.99. The van der Waals surface area contributed by atoms with Crippen molar-refractivity contribution in [3.63, 3.8) is 0 Å². The van der Waals surface area contributed by atoms with Gasteiger partial charge in [0.25, 0.3) is 5.91 Å². The Morgan fingerprint density at radius 2 is 1.44 bits per heavy atom. The molecule has 0 aromatic heterocycles. The first-order valence-corrected chi connectivity index (χ1v) is 10.5. The minimum Gasteiger partial charge on any atom is -0.493 e. The number of benzene rings is 3. The summed E-state index contributed by atoms with van der Waals surface area (Å²) in [5.41, 5.74) is 2.06. The summed E-state index contributed by atoms with van der Waals surface area (Å²) in [6.07, 6.45) is 0. The molecule has 0 fully saturated rings. The van der Waals surface area contributed by atoms with E-state index in [2.05, 4.69) is 0 Å². The fourth-order valence-electron chi connectivity index (χ4n) is 3.19. The Bertz CT molecular complexity index is 989. The first-order valence-electron chi connectivity index (χ1n) is 10.5. The SMILES string of the molecule is CCN(Cc1ccc(OC)c(OC)c1)C(=O)COc1ccc(OCc2ccccc2)cc1. The molecule has 0 saturated heterocycles. The highest BCUT2D eigenvalue weighted by Crippen LogP contribution is 2.28. The molecule has 3 rings (SSSR count). The van der Waals surface area contributed by atoms with Crippen molar-refractivity contribution in [2.24, 2.45) is 0 Å². The van der Waals surface area contributed by atoms with E-state index in [1.165, 1.54) is 0 Å². The lowest BCUT2D eigenvalue weighted by Gasteiger charge is -2.22. The number of carbonyl (C=O) groups excluding carboxylic acids is 1. The molecule has 0 heterocycles. The van der Waals surface area contributed by atoms with Gasteiger partial charge in [-0.05, 0) is 54.4 Å². The second kappa shape index (κ2) is 11.6. The van der Waals surface area contributed by atoms with Crippen molar-refractivity contribution in [1.29, 1.82) is 0 Å². The summed E-state index contributed by atoms with van der Waals surface area (Å²) in [5.74, 6) is 2.57. The molecule has 0 aliphatic rings. The van der Waals surface area contributed by atoms with Gasteiger partial charge in [-0.15, -0.1) is 0 Å². The number of carbonyl (C=O) groups is 1. The number of likely N-dealkylation sites (N-methyl/N-ethyl adjacent to an activating group) is 1. The lowest BCUT2D eigenvalue weighted by molar-refractivity contribution is -0.133. The van der Waals surface area contributed by atoms with Gasteiger partial charge in [-0.25, -0.2) is 0 Å². The second-order valence-corrected chi connectivity index (χ2v) is 7.13. The van der Waals surface area contributed by atoms with Crippen molar-refractivity contribution in [3.05, 3.63) is 83.9 Å². The highest BCUT2D eigenvalue weighted by molar-refractivity contribution is 5.77. The van der Waals surface area contributed by atoms with Crippen LogP contribution in [0.25, 0.3) is 0 Å². The zero-order valence-electron chi connectivity index (χ0n) is 18.7. The molecule has 1 amide bonds. The molecule has 168 valence electrons. The van der Waals surface area contributed by atoms with Gasteiger partial charge in [-0.3, -0.25) is 4.79 Å². The van der Waals surface area contributed by atoms with Crippen LogP contribution in [0, 0.1) is 0 Å². The first-order chi connectivity index (χ1) is 15.6. The molecule has 0 unspecified atom stereocenters. The van der Waals surface area contributed by atoms with Crippen molar-refractivity contribution < 1.29 is 23.7 Å². The van der Waals surface area contributed by atoms with Gasteiger partial charge in [-0.1, -0.05) is 36.4 Å². The van der Waals surface area contributed by atoms with Crippen molar-refractivity contribution in [1.82, 2.24) is 4.90 Å². The highest BCUT2D eigenvalue weighted by Gasteiger charge is 2.14. The fraction of sp³-hybridized carbons (Fsp3) is 0.269. The lowest BCUT2D eigenvalue weighted by atomic mass is 10.2. The summed E-state index contributed by atoms with van der Waals surface area (Å²) in [6, 6.07) is 22.9. The van der Waals surface area contributed by atoms with Gasteiger partial charge in [0.1, 0.15) is 18.1 Å².